The highest BCUT2D eigenvalue weighted by molar-refractivity contribution is 9.10. The van der Waals surface area contributed by atoms with Crippen molar-refractivity contribution in [1.29, 1.82) is 0 Å². The predicted molar refractivity (Wildman–Crippen MR) is 70.0 cm³/mol. The molecule has 3 rings (SSSR count). The zero-order valence-electron chi connectivity index (χ0n) is 9.43. The standard InChI is InChI=1S/C12H11BrN4O/c13-8-3-1-7(2-4-8)9-5-10(9)11(18)16-12-14-6-15-17-12/h1-4,6,9-10H,5H2,(H2,14,15,16,17,18)/t9-,10+/m1/s1. The number of carbonyl (C=O) groups is 1. The molecule has 1 fully saturated rings. The Morgan fingerprint density at radius 1 is 1.39 bits per heavy atom. The third kappa shape index (κ3) is 2.28. The molecule has 1 aromatic heterocycles. The second-order valence-corrected chi connectivity index (χ2v) is 5.24. The number of hydrogen-bond acceptors (Lipinski definition) is 3. The molecule has 5 nitrogen and oxygen atoms in total. The summed E-state index contributed by atoms with van der Waals surface area (Å²) in [5, 5.41) is 9.02. The van der Waals surface area contributed by atoms with E-state index < -0.39 is 0 Å². The molecule has 0 aliphatic heterocycles. The summed E-state index contributed by atoms with van der Waals surface area (Å²) in [6, 6.07) is 8.10. The minimum atomic E-state index is -0.000307. The molecule has 1 aliphatic rings. The van der Waals surface area contributed by atoms with Crippen LogP contribution in [-0.2, 0) is 4.79 Å². The van der Waals surface area contributed by atoms with Crippen molar-refractivity contribution in [2.24, 2.45) is 5.92 Å². The third-order valence-corrected chi connectivity index (χ3v) is 3.61. The summed E-state index contributed by atoms with van der Waals surface area (Å²) >= 11 is 3.40. The Balaban J connectivity index is 1.63. The topological polar surface area (TPSA) is 70.7 Å². The average molecular weight is 307 g/mol. The lowest BCUT2D eigenvalue weighted by Gasteiger charge is -2.01. The van der Waals surface area contributed by atoms with E-state index >= 15 is 0 Å². The Morgan fingerprint density at radius 3 is 2.83 bits per heavy atom. The molecular formula is C12H11BrN4O. The Kier molecular flexibility index (Phi) is 2.87. The molecular weight excluding hydrogens is 296 g/mol. The summed E-state index contributed by atoms with van der Waals surface area (Å²) in [6.07, 6.45) is 2.26. The van der Waals surface area contributed by atoms with Gasteiger partial charge in [-0.05, 0) is 30.0 Å². The SMILES string of the molecule is O=C(Nc1ncn[nH]1)[C@H]1C[C@@H]1c1ccc(Br)cc1. The summed E-state index contributed by atoms with van der Waals surface area (Å²) in [5.74, 6) is 0.762. The molecule has 1 amide bonds. The first kappa shape index (κ1) is 11.4. The van der Waals surface area contributed by atoms with E-state index in [1.165, 1.54) is 11.9 Å². The van der Waals surface area contributed by atoms with Crippen molar-refractivity contribution in [2.75, 3.05) is 5.32 Å². The van der Waals surface area contributed by atoms with Crippen molar-refractivity contribution in [3.63, 3.8) is 0 Å². The fourth-order valence-corrected chi connectivity index (χ4v) is 2.30. The lowest BCUT2D eigenvalue weighted by molar-refractivity contribution is -0.117. The molecule has 1 saturated carbocycles. The molecule has 0 radical (unpaired) electrons. The first-order valence-corrected chi connectivity index (χ1v) is 6.45. The van der Waals surface area contributed by atoms with Crippen LogP contribution < -0.4 is 5.32 Å². The number of rotatable bonds is 3. The van der Waals surface area contributed by atoms with Crippen molar-refractivity contribution >= 4 is 27.8 Å². The van der Waals surface area contributed by atoms with Gasteiger partial charge in [0.15, 0.2) is 0 Å². The Hall–Kier alpha value is -1.69. The van der Waals surface area contributed by atoms with Gasteiger partial charge in [-0.3, -0.25) is 10.1 Å². The summed E-state index contributed by atoms with van der Waals surface area (Å²) in [6.45, 7) is 0. The van der Waals surface area contributed by atoms with Crippen molar-refractivity contribution in [1.82, 2.24) is 15.2 Å². The van der Waals surface area contributed by atoms with Crippen LogP contribution in [-0.4, -0.2) is 21.1 Å². The molecule has 18 heavy (non-hydrogen) atoms. The van der Waals surface area contributed by atoms with E-state index in [-0.39, 0.29) is 11.8 Å². The lowest BCUT2D eigenvalue weighted by Crippen LogP contribution is -2.15. The van der Waals surface area contributed by atoms with Crippen LogP contribution in [0, 0.1) is 5.92 Å². The number of nitrogens with zero attached hydrogens (tertiary/aromatic N) is 2. The van der Waals surface area contributed by atoms with Gasteiger partial charge in [0, 0.05) is 10.4 Å². The monoisotopic (exact) mass is 306 g/mol. The van der Waals surface area contributed by atoms with Gasteiger partial charge in [-0.1, -0.05) is 28.1 Å². The van der Waals surface area contributed by atoms with Gasteiger partial charge in [0.2, 0.25) is 11.9 Å². The van der Waals surface area contributed by atoms with Crippen molar-refractivity contribution in [3.05, 3.63) is 40.6 Å². The number of benzene rings is 1. The molecule has 92 valence electrons. The van der Waals surface area contributed by atoms with E-state index in [9.17, 15) is 4.79 Å². The molecule has 1 aromatic carbocycles. The number of aromatic nitrogens is 3. The van der Waals surface area contributed by atoms with Crippen LogP contribution in [0.1, 0.15) is 17.9 Å². The number of anilines is 1. The van der Waals surface area contributed by atoms with Crippen LogP contribution >= 0.6 is 15.9 Å². The van der Waals surface area contributed by atoms with Crippen molar-refractivity contribution in [3.8, 4) is 0 Å². The highest BCUT2D eigenvalue weighted by Crippen LogP contribution is 2.48. The average Bonchev–Trinajstić information content (AvgIpc) is 3.01. The first-order chi connectivity index (χ1) is 8.74. The van der Waals surface area contributed by atoms with Gasteiger partial charge < -0.3 is 0 Å². The normalized spacial score (nSPS) is 21.6. The maximum absolute atomic E-state index is 11.9. The van der Waals surface area contributed by atoms with E-state index in [0.717, 1.165) is 10.9 Å². The van der Waals surface area contributed by atoms with E-state index in [2.05, 4.69) is 48.6 Å². The number of carbonyl (C=O) groups excluding carboxylic acids is 1. The fourth-order valence-electron chi connectivity index (χ4n) is 2.04. The number of aromatic amines is 1. The van der Waals surface area contributed by atoms with Gasteiger partial charge >= 0.3 is 0 Å². The van der Waals surface area contributed by atoms with Gasteiger partial charge in [0.1, 0.15) is 6.33 Å². The lowest BCUT2D eigenvalue weighted by atomic mass is 10.1. The Bertz CT molecular complexity index is 552. The van der Waals surface area contributed by atoms with Gasteiger partial charge in [-0.2, -0.15) is 10.1 Å². The highest BCUT2D eigenvalue weighted by atomic mass is 79.9. The molecule has 2 aromatic rings. The van der Waals surface area contributed by atoms with E-state index in [0.29, 0.717) is 11.9 Å². The molecule has 0 spiro atoms. The van der Waals surface area contributed by atoms with E-state index in [4.69, 9.17) is 0 Å². The number of amides is 1. The van der Waals surface area contributed by atoms with E-state index in [1.54, 1.807) is 0 Å². The summed E-state index contributed by atoms with van der Waals surface area (Å²) in [5.41, 5.74) is 1.20. The van der Waals surface area contributed by atoms with Crippen LogP contribution in [0.25, 0.3) is 0 Å². The molecule has 6 heteroatoms. The van der Waals surface area contributed by atoms with E-state index in [1.807, 2.05) is 12.1 Å². The number of halogens is 1. The first-order valence-electron chi connectivity index (χ1n) is 5.66. The van der Waals surface area contributed by atoms with Crippen LogP contribution in [0.5, 0.6) is 0 Å². The summed E-state index contributed by atoms with van der Waals surface area (Å²) < 4.78 is 1.05. The quantitative estimate of drug-likeness (QED) is 0.914. The predicted octanol–water partition coefficient (Wildman–Crippen LogP) is 2.31. The van der Waals surface area contributed by atoms with Gasteiger partial charge in [-0.15, -0.1) is 0 Å². The second-order valence-electron chi connectivity index (χ2n) is 4.32. The highest BCUT2D eigenvalue weighted by Gasteiger charge is 2.44. The number of hydrogen-bond donors (Lipinski definition) is 2. The smallest absolute Gasteiger partial charge is 0.230 e. The van der Waals surface area contributed by atoms with Gasteiger partial charge in [-0.25, -0.2) is 5.10 Å². The molecule has 1 heterocycles. The Morgan fingerprint density at radius 2 is 2.17 bits per heavy atom. The zero-order valence-corrected chi connectivity index (χ0v) is 11.0. The van der Waals surface area contributed by atoms with Crippen molar-refractivity contribution < 1.29 is 4.79 Å². The van der Waals surface area contributed by atoms with Crippen LogP contribution in [0.2, 0.25) is 0 Å². The second kappa shape index (κ2) is 4.53. The van der Waals surface area contributed by atoms with Crippen LogP contribution in [0.4, 0.5) is 5.95 Å². The van der Waals surface area contributed by atoms with Gasteiger partial charge in [0.05, 0.1) is 0 Å². The van der Waals surface area contributed by atoms with Crippen molar-refractivity contribution in [2.45, 2.75) is 12.3 Å². The molecule has 0 saturated heterocycles. The fraction of sp³-hybridized carbons (Fsp3) is 0.250. The minimum absolute atomic E-state index is 0.000307. The maximum Gasteiger partial charge on any atom is 0.230 e. The number of H-pyrrole nitrogens is 1. The van der Waals surface area contributed by atoms with Gasteiger partial charge in [0.25, 0.3) is 0 Å². The maximum atomic E-state index is 11.9. The summed E-state index contributed by atoms with van der Waals surface area (Å²) in [7, 11) is 0. The Labute approximate surface area is 112 Å². The molecule has 0 unspecified atom stereocenters. The molecule has 2 atom stereocenters. The third-order valence-electron chi connectivity index (χ3n) is 3.08. The minimum Gasteiger partial charge on any atom is -0.295 e. The van der Waals surface area contributed by atoms with Crippen LogP contribution in [0.15, 0.2) is 35.1 Å². The molecule has 0 bridgehead atoms. The summed E-state index contributed by atoms with van der Waals surface area (Å²) in [4.78, 5) is 15.8. The largest absolute Gasteiger partial charge is 0.295 e. The number of nitrogens with one attached hydrogen (secondary N) is 2. The zero-order chi connectivity index (χ0) is 12.5. The van der Waals surface area contributed by atoms with Crippen LogP contribution in [0.3, 0.4) is 0 Å². The molecule has 2 N–H and O–H groups in total. The molecule has 1 aliphatic carbocycles.